The molecule has 0 unspecified atom stereocenters. The van der Waals surface area contributed by atoms with E-state index in [0.717, 1.165) is 24.3 Å². The summed E-state index contributed by atoms with van der Waals surface area (Å²) < 4.78 is 4.89. The zero-order chi connectivity index (χ0) is 15.3. The number of hydrogen-bond donors (Lipinski definition) is 2. The van der Waals surface area contributed by atoms with Crippen molar-refractivity contribution in [2.45, 2.75) is 44.1 Å². The minimum Gasteiger partial charge on any atom is -0.467 e. The maximum atomic E-state index is 12.4. The largest absolute Gasteiger partial charge is 0.467 e. The summed E-state index contributed by atoms with van der Waals surface area (Å²) in [7, 11) is 1.35. The van der Waals surface area contributed by atoms with Crippen molar-refractivity contribution < 1.29 is 14.3 Å². The SMILES string of the molecule is COC(=O)C1(NC(=O)c2csc(CCN)n2)CCCCC1. The smallest absolute Gasteiger partial charge is 0.331 e. The topological polar surface area (TPSA) is 94.3 Å². The van der Waals surface area contributed by atoms with Gasteiger partial charge in [-0.2, -0.15) is 0 Å². The fourth-order valence-corrected chi connectivity index (χ4v) is 3.46. The zero-order valence-electron chi connectivity index (χ0n) is 12.2. The summed E-state index contributed by atoms with van der Waals surface area (Å²) in [5.74, 6) is -0.685. The first kappa shape index (κ1) is 15.9. The Balaban J connectivity index is 2.11. The quantitative estimate of drug-likeness (QED) is 0.798. The van der Waals surface area contributed by atoms with Crippen molar-refractivity contribution in [1.82, 2.24) is 10.3 Å². The maximum absolute atomic E-state index is 12.4. The number of carbonyl (C=O) groups excluding carboxylic acids is 2. The van der Waals surface area contributed by atoms with E-state index in [4.69, 9.17) is 10.5 Å². The van der Waals surface area contributed by atoms with Crippen molar-refractivity contribution in [3.63, 3.8) is 0 Å². The fraction of sp³-hybridized carbons (Fsp3) is 0.643. The molecule has 1 aromatic rings. The molecule has 3 N–H and O–H groups in total. The number of thiazole rings is 1. The summed E-state index contributed by atoms with van der Waals surface area (Å²) in [6.45, 7) is 0.501. The second kappa shape index (κ2) is 7.00. The van der Waals surface area contributed by atoms with Crippen LogP contribution in [0.1, 0.15) is 47.6 Å². The molecule has 2 rings (SSSR count). The molecule has 0 radical (unpaired) electrons. The molecule has 0 saturated heterocycles. The third-order valence-corrected chi connectivity index (χ3v) is 4.69. The van der Waals surface area contributed by atoms with Gasteiger partial charge >= 0.3 is 5.97 Å². The number of hydrogen-bond acceptors (Lipinski definition) is 6. The Hall–Kier alpha value is -1.47. The van der Waals surface area contributed by atoms with Crippen molar-refractivity contribution in [3.8, 4) is 0 Å². The van der Waals surface area contributed by atoms with E-state index in [2.05, 4.69) is 10.3 Å². The van der Waals surface area contributed by atoms with E-state index in [0.29, 0.717) is 31.5 Å². The zero-order valence-corrected chi connectivity index (χ0v) is 13.0. The van der Waals surface area contributed by atoms with Crippen LogP contribution in [0.15, 0.2) is 5.38 Å². The predicted molar refractivity (Wildman–Crippen MR) is 80.2 cm³/mol. The molecular weight excluding hydrogens is 290 g/mol. The Morgan fingerprint density at radius 3 is 2.76 bits per heavy atom. The molecule has 1 heterocycles. The van der Waals surface area contributed by atoms with Gasteiger partial charge in [0.25, 0.3) is 5.91 Å². The summed E-state index contributed by atoms with van der Waals surface area (Å²) in [5.41, 5.74) is 4.92. The highest BCUT2D eigenvalue weighted by molar-refractivity contribution is 7.09. The molecule has 1 aliphatic carbocycles. The number of methoxy groups -OCH3 is 1. The molecule has 116 valence electrons. The van der Waals surface area contributed by atoms with Crippen LogP contribution in [0, 0.1) is 0 Å². The molecule has 0 spiro atoms. The number of amides is 1. The Morgan fingerprint density at radius 2 is 2.14 bits per heavy atom. The highest BCUT2D eigenvalue weighted by Gasteiger charge is 2.42. The molecule has 1 saturated carbocycles. The normalized spacial score (nSPS) is 17.2. The van der Waals surface area contributed by atoms with Gasteiger partial charge in [0.2, 0.25) is 0 Å². The average Bonchev–Trinajstić information content (AvgIpc) is 2.96. The number of nitrogens with zero attached hydrogens (tertiary/aromatic N) is 1. The van der Waals surface area contributed by atoms with Crippen LogP contribution in [0.2, 0.25) is 0 Å². The van der Waals surface area contributed by atoms with E-state index in [9.17, 15) is 9.59 Å². The lowest BCUT2D eigenvalue weighted by atomic mass is 9.81. The number of carbonyl (C=O) groups is 2. The minimum atomic E-state index is -0.901. The molecule has 0 aromatic carbocycles. The third-order valence-electron chi connectivity index (χ3n) is 3.78. The molecule has 1 aliphatic rings. The molecular formula is C14H21N3O3S. The molecule has 0 atom stereocenters. The second-order valence-corrected chi connectivity index (χ2v) is 6.20. The van der Waals surface area contributed by atoms with E-state index < -0.39 is 5.54 Å². The standard InChI is InChI=1S/C14H21N3O3S/c1-20-13(19)14(6-3-2-4-7-14)17-12(18)10-9-21-11(16-10)5-8-15/h9H,2-8,15H2,1H3,(H,17,18). The van der Waals surface area contributed by atoms with Gasteiger partial charge in [-0.1, -0.05) is 19.3 Å². The van der Waals surface area contributed by atoms with Crippen LogP contribution < -0.4 is 11.1 Å². The molecule has 6 nitrogen and oxygen atoms in total. The van der Waals surface area contributed by atoms with Crippen molar-refractivity contribution in [3.05, 3.63) is 16.1 Å². The summed E-state index contributed by atoms with van der Waals surface area (Å²) in [6.07, 6.45) is 4.78. The van der Waals surface area contributed by atoms with Crippen LogP contribution in [0.3, 0.4) is 0 Å². The van der Waals surface area contributed by atoms with Crippen LogP contribution in [0.5, 0.6) is 0 Å². The highest BCUT2D eigenvalue weighted by Crippen LogP contribution is 2.29. The number of rotatable bonds is 5. The van der Waals surface area contributed by atoms with Gasteiger partial charge in [-0.05, 0) is 19.4 Å². The van der Waals surface area contributed by atoms with Gasteiger partial charge in [0.05, 0.1) is 12.1 Å². The van der Waals surface area contributed by atoms with E-state index in [1.165, 1.54) is 18.4 Å². The summed E-state index contributed by atoms with van der Waals surface area (Å²) in [4.78, 5) is 28.7. The Bertz CT molecular complexity index is 509. The summed E-state index contributed by atoms with van der Waals surface area (Å²) in [5, 5.41) is 5.39. The van der Waals surface area contributed by atoms with Gasteiger partial charge in [0.15, 0.2) is 0 Å². The first-order valence-corrected chi connectivity index (χ1v) is 8.04. The van der Waals surface area contributed by atoms with Gasteiger partial charge in [-0.3, -0.25) is 4.79 Å². The van der Waals surface area contributed by atoms with Gasteiger partial charge in [0, 0.05) is 11.8 Å². The third kappa shape index (κ3) is 3.59. The Morgan fingerprint density at radius 1 is 1.43 bits per heavy atom. The average molecular weight is 311 g/mol. The van der Waals surface area contributed by atoms with Crippen molar-refractivity contribution >= 4 is 23.2 Å². The van der Waals surface area contributed by atoms with Crippen molar-refractivity contribution in [2.75, 3.05) is 13.7 Å². The summed E-state index contributed by atoms with van der Waals surface area (Å²) in [6, 6.07) is 0. The first-order valence-electron chi connectivity index (χ1n) is 7.17. The molecule has 1 aromatic heterocycles. The van der Waals surface area contributed by atoms with Crippen LogP contribution in [-0.2, 0) is 16.0 Å². The predicted octanol–water partition coefficient (Wildman–Crippen LogP) is 1.25. The lowest BCUT2D eigenvalue weighted by Crippen LogP contribution is -2.56. The van der Waals surface area contributed by atoms with E-state index >= 15 is 0 Å². The number of nitrogens with two attached hydrogens (primary N) is 1. The fourth-order valence-electron chi connectivity index (χ4n) is 2.67. The van der Waals surface area contributed by atoms with Crippen LogP contribution in [0.25, 0.3) is 0 Å². The minimum absolute atomic E-state index is 0.318. The van der Waals surface area contributed by atoms with E-state index in [-0.39, 0.29) is 11.9 Å². The van der Waals surface area contributed by atoms with Gasteiger partial charge in [-0.25, -0.2) is 9.78 Å². The molecule has 0 aliphatic heterocycles. The molecule has 1 fully saturated rings. The number of aromatic nitrogens is 1. The summed E-state index contributed by atoms with van der Waals surface area (Å²) >= 11 is 1.41. The molecule has 0 bridgehead atoms. The first-order chi connectivity index (χ1) is 10.1. The highest BCUT2D eigenvalue weighted by atomic mass is 32.1. The Kier molecular flexibility index (Phi) is 5.30. The molecule has 7 heteroatoms. The van der Waals surface area contributed by atoms with E-state index in [1.807, 2.05) is 0 Å². The lowest BCUT2D eigenvalue weighted by Gasteiger charge is -2.34. The van der Waals surface area contributed by atoms with Crippen LogP contribution >= 0.6 is 11.3 Å². The van der Waals surface area contributed by atoms with Gasteiger partial charge in [-0.15, -0.1) is 11.3 Å². The molecule has 1 amide bonds. The number of nitrogens with one attached hydrogen (secondary N) is 1. The second-order valence-electron chi connectivity index (χ2n) is 5.25. The maximum Gasteiger partial charge on any atom is 0.331 e. The van der Waals surface area contributed by atoms with Crippen molar-refractivity contribution in [1.29, 1.82) is 0 Å². The van der Waals surface area contributed by atoms with Crippen LogP contribution in [0.4, 0.5) is 0 Å². The van der Waals surface area contributed by atoms with Gasteiger partial charge in [0.1, 0.15) is 11.2 Å². The monoisotopic (exact) mass is 311 g/mol. The number of esters is 1. The molecule has 21 heavy (non-hydrogen) atoms. The van der Waals surface area contributed by atoms with E-state index in [1.54, 1.807) is 5.38 Å². The van der Waals surface area contributed by atoms with Crippen molar-refractivity contribution in [2.24, 2.45) is 5.73 Å². The van der Waals surface area contributed by atoms with Gasteiger partial charge < -0.3 is 15.8 Å². The van der Waals surface area contributed by atoms with Crippen LogP contribution in [-0.4, -0.2) is 36.1 Å². The lowest BCUT2D eigenvalue weighted by molar-refractivity contribution is -0.149. The Labute approximate surface area is 128 Å². The number of ether oxygens (including phenoxy) is 1.